The summed E-state index contributed by atoms with van der Waals surface area (Å²) < 4.78 is 3.51. The molecule has 0 saturated carbocycles. The van der Waals surface area contributed by atoms with Crippen LogP contribution in [0.3, 0.4) is 0 Å². The maximum Gasteiger partial charge on any atom is 0.109 e. The largest absolute Gasteiger partial charge is 0.323 e. The Labute approximate surface area is 93.0 Å². The average molecular weight is 258 g/mol. The van der Waals surface area contributed by atoms with Crippen molar-refractivity contribution in [2.24, 2.45) is 0 Å². The van der Waals surface area contributed by atoms with Gasteiger partial charge < -0.3 is 9.88 Å². The van der Waals surface area contributed by atoms with Gasteiger partial charge in [-0.15, -0.1) is 0 Å². The Morgan fingerprint density at radius 3 is 3.07 bits per heavy atom. The Balaban J connectivity index is 2.20. The molecule has 3 nitrogen and oxygen atoms in total. The van der Waals surface area contributed by atoms with E-state index in [1.807, 2.05) is 7.05 Å². The van der Waals surface area contributed by atoms with E-state index in [0.717, 1.165) is 25.9 Å². The van der Waals surface area contributed by atoms with Crippen LogP contribution in [0.4, 0.5) is 0 Å². The van der Waals surface area contributed by atoms with Gasteiger partial charge in [0.05, 0.1) is 5.69 Å². The Bertz CT molecular complexity index is 319. The van der Waals surface area contributed by atoms with Gasteiger partial charge in [0.25, 0.3) is 0 Å². The zero-order valence-electron chi connectivity index (χ0n) is 8.52. The number of fused-ring (bicyclic) bond motifs is 1. The molecule has 4 heteroatoms. The highest BCUT2D eigenvalue weighted by atomic mass is 79.9. The molecule has 0 amide bonds. The molecule has 78 valence electrons. The molecule has 1 aromatic rings. The minimum atomic E-state index is 0.995. The van der Waals surface area contributed by atoms with Crippen LogP contribution in [0.2, 0.25) is 0 Å². The SMILES string of the molecule is CNCCc1nc2n(c1Br)CCCC2. The molecule has 1 N–H and O–H groups in total. The van der Waals surface area contributed by atoms with Crippen molar-refractivity contribution in [3.8, 4) is 0 Å². The number of aromatic nitrogens is 2. The van der Waals surface area contributed by atoms with Crippen LogP contribution in [-0.4, -0.2) is 23.1 Å². The van der Waals surface area contributed by atoms with Crippen LogP contribution in [0.25, 0.3) is 0 Å². The van der Waals surface area contributed by atoms with Crippen molar-refractivity contribution in [2.45, 2.75) is 32.2 Å². The van der Waals surface area contributed by atoms with E-state index in [4.69, 9.17) is 0 Å². The molecule has 0 aliphatic carbocycles. The zero-order chi connectivity index (χ0) is 9.97. The molecule has 1 aliphatic rings. The van der Waals surface area contributed by atoms with Gasteiger partial charge in [-0.3, -0.25) is 0 Å². The predicted molar refractivity (Wildman–Crippen MR) is 60.5 cm³/mol. The van der Waals surface area contributed by atoms with Gasteiger partial charge in [0, 0.05) is 25.9 Å². The minimum absolute atomic E-state index is 0.995. The standard InChI is InChI=1S/C10H16BrN3/c1-12-6-5-8-10(11)14-7-3-2-4-9(14)13-8/h12H,2-7H2,1H3. The molecule has 0 unspecified atom stereocenters. The zero-order valence-corrected chi connectivity index (χ0v) is 10.1. The average Bonchev–Trinajstić information content (AvgIpc) is 2.54. The van der Waals surface area contributed by atoms with E-state index < -0.39 is 0 Å². The summed E-state index contributed by atoms with van der Waals surface area (Å²) in [5.41, 5.74) is 1.20. The lowest BCUT2D eigenvalue weighted by Gasteiger charge is -2.13. The fourth-order valence-corrected chi connectivity index (χ4v) is 2.57. The topological polar surface area (TPSA) is 29.9 Å². The molecule has 0 radical (unpaired) electrons. The molecule has 2 heterocycles. The van der Waals surface area contributed by atoms with Crippen molar-refractivity contribution >= 4 is 15.9 Å². The third-order valence-electron chi connectivity index (χ3n) is 2.69. The van der Waals surface area contributed by atoms with Crippen LogP contribution in [0, 0.1) is 0 Å². The number of hydrogen-bond acceptors (Lipinski definition) is 2. The van der Waals surface area contributed by atoms with Crippen LogP contribution in [0.5, 0.6) is 0 Å². The Morgan fingerprint density at radius 1 is 1.50 bits per heavy atom. The normalized spacial score (nSPS) is 15.6. The fourth-order valence-electron chi connectivity index (χ4n) is 1.90. The Kier molecular flexibility index (Phi) is 3.23. The van der Waals surface area contributed by atoms with Crippen molar-refractivity contribution in [2.75, 3.05) is 13.6 Å². The van der Waals surface area contributed by atoms with Crippen LogP contribution in [0.15, 0.2) is 4.60 Å². The van der Waals surface area contributed by atoms with E-state index in [9.17, 15) is 0 Å². The lowest BCUT2D eigenvalue weighted by Crippen LogP contribution is -2.11. The maximum atomic E-state index is 4.66. The third-order valence-corrected chi connectivity index (χ3v) is 3.58. The summed E-state index contributed by atoms with van der Waals surface area (Å²) in [6.07, 6.45) is 4.72. The molecule has 0 aromatic carbocycles. The molecular weight excluding hydrogens is 242 g/mol. The number of imidazole rings is 1. The van der Waals surface area contributed by atoms with Gasteiger partial charge in [-0.1, -0.05) is 0 Å². The summed E-state index contributed by atoms with van der Waals surface area (Å²) in [5.74, 6) is 1.26. The highest BCUT2D eigenvalue weighted by molar-refractivity contribution is 9.10. The number of aryl methyl sites for hydroxylation is 1. The molecule has 1 aliphatic heterocycles. The van der Waals surface area contributed by atoms with Gasteiger partial charge in [-0.05, 0) is 35.8 Å². The maximum absolute atomic E-state index is 4.66. The summed E-state index contributed by atoms with van der Waals surface area (Å²) >= 11 is 3.64. The first-order valence-electron chi connectivity index (χ1n) is 5.21. The third kappa shape index (κ3) is 1.86. The summed E-state index contributed by atoms with van der Waals surface area (Å²) in [5, 5.41) is 3.15. The van der Waals surface area contributed by atoms with E-state index in [0.29, 0.717) is 0 Å². The lowest BCUT2D eigenvalue weighted by molar-refractivity contribution is 0.516. The summed E-state index contributed by atoms with van der Waals surface area (Å²) in [4.78, 5) is 4.66. The van der Waals surface area contributed by atoms with Crippen molar-refractivity contribution in [1.82, 2.24) is 14.9 Å². The number of nitrogens with one attached hydrogen (secondary N) is 1. The molecule has 1 aromatic heterocycles. The van der Waals surface area contributed by atoms with Crippen molar-refractivity contribution in [1.29, 1.82) is 0 Å². The van der Waals surface area contributed by atoms with E-state index in [1.54, 1.807) is 0 Å². The lowest BCUT2D eigenvalue weighted by atomic mass is 10.2. The van der Waals surface area contributed by atoms with Gasteiger partial charge >= 0.3 is 0 Å². The van der Waals surface area contributed by atoms with Gasteiger partial charge in [-0.25, -0.2) is 4.98 Å². The predicted octanol–water partition coefficient (Wildman–Crippen LogP) is 1.74. The van der Waals surface area contributed by atoms with Crippen LogP contribution in [-0.2, 0) is 19.4 Å². The first-order chi connectivity index (χ1) is 6.83. The van der Waals surface area contributed by atoms with Gasteiger partial charge in [0.2, 0.25) is 0 Å². The van der Waals surface area contributed by atoms with E-state index in [-0.39, 0.29) is 0 Å². The van der Waals surface area contributed by atoms with Crippen LogP contribution < -0.4 is 5.32 Å². The Hall–Kier alpha value is -0.350. The number of halogens is 1. The number of hydrogen-bond donors (Lipinski definition) is 1. The van der Waals surface area contributed by atoms with E-state index >= 15 is 0 Å². The van der Waals surface area contributed by atoms with Gasteiger partial charge in [0.1, 0.15) is 10.4 Å². The highest BCUT2D eigenvalue weighted by Gasteiger charge is 2.16. The second-order valence-electron chi connectivity index (χ2n) is 3.73. The minimum Gasteiger partial charge on any atom is -0.323 e. The Morgan fingerprint density at radius 2 is 2.36 bits per heavy atom. The second kappa shape index (κ2) is 4.45. The molecule has 2 rings (SSSR count). The highest BCUT2D eigenvalue weighted by Crippen LogP contribution is 2.24. The van der Waals surface area contributed by atoms with Crippen LogP contribution >= 0.6 is 15.9 Å². The number of rotatable bonds is 3. The molecule has 0 fully saturated rings. The van der Waals surface area contributed by atoms with Crippen molar-refractivity contribution in [3.63, 3.8) is 0 Å². The molecule has 0 atom stereocenters. The monoisotopic (exact) mass is 257 g/mol. The van der Waals surface area contributed by atoms with Gasteiger partial charge in [0.15, 0.2) is 0 Å². The second-order valence-corrected chi connectivity index (χ2v) is 4.48. The quantitative estimate of drug-likeness (QED) is 0.895. The fraction of sp³-hybridized carbons (Fsp3) is 0.700. The number of likely N-dealkylation sites (N-methyl/N-ethyl adjacent to an activating group) is 1. The molecule has 0 spiro atoms. The summed E-state index contributed by atoms with van der Waals surface area (Å²) in [6.45, 7) is 2.12. The van der Waals surface area contributed by atoms with Crippen molar-refractivity contribution < 1.29 is 0 Å². The molecule has 14 heavy (non-hydrogen) atoms. The molecule has 0 bridgehead atoms. The first kappa shape index (κ1) is 10.2. The van der Waals surface area contributed by atoms with Gasteiger partial charge in [-0.2, -0.15) is 0 Å². The van der Waals surface area contributed by atoms with Crippen molar-refractivity contribution in [3.05, 3.63) is 16.1 Å². The van der Waals surface area contributed by atoms with Crippen LogP contribution in [0.1, 0.15) is 24.4 Å². The first-order valence-corrected chi connectivity index (χ1v) is 6.00. The summed E-state index contributed by atoms with van der Waals surface area (Å²) in [6, 6.07) is 0. The van der Waals surface area contributed by atoms with E-state index in [2.05, 4.69) is 30.8 Å². The molecule has 0 saturated heterocycles. The summed E-state index contributed by atoms with van der Waals surface area (Å²) in [7, 11) is 1.98. The van der Waals surface area contributed by atoms with E-state index in [1.165, 1.54) is 29.0 Å². The molecular formula is C10H16BrN3. The smallest absolute Gasteiger partial charge is 0.109 e. The number of nitrogens with zero attached hydrogens (tertiary/aromatic N) is 2.